The monoisotopic (exact) mass is 233 g/mol. The van der Waals surface area contributed by atoms with Gasteiger partial charge in [-0.25, -0.2) is 4.79 Å². The Kier molecular flexibility index (Phi) is 2.07. The van der Waals surface area contributed by atoms with Crippen LogP contribution >= 0.6 is 0 Å². The summed E-state index contributed by atoms with van der Waals surface area (Å²) in [7, 11) is 0. The first-order chi connectivity index (χ1) is 8.20. The third kappa shape index (κ3) is 1.39. The fourth-order valence-electron chi connectivity index (χ4n) is 2.26. The van der Waals surface area contributed by atoms with Gasteiger partial charge in [0.05, 0.1) is 22.9 Å². The number of hydrogen-bond acceptors (Lipinski definition) is 4. The first-order valence-corrected chi connectivity index (χ1v) is 5.45. The van der Waals surface area contributed by atoms with E-state index in [2.05, 4.69) is 4.99 Å². The Morgan fingerprint density at radius 2 is 2.29 bits per heavy atom. The van der Waals surface area contributed by atoms with Crippen LogP contribution < -0.4 is 0 Å². The maximum absolute atomic E-state index is 11.3. The molecule has 0 saturated carbocycles. The molecule has 0 spiro atoms. The molecule has 5 nitrogen and oxygen atoms in total. The van der Waals surface area contributed by atoms with Crippen LogP contribution in [0, 0.1) is 5.92 Å². The van der Waals surface area contributed by atoms with Crippen molar-refractivity contribution in [2.45, 2.75) is 13.3 Å². The largest absolute Gasteiger partial charge is 0.478 e. The number of nitrogens with zero attached hydrogens (tertiary/aromatic N) is 1. The van der Waals surface area contributed by atoms with Gasteiger partial charge in [-0.1, -0.05) is 6.92 Å². The molecule has 0 aromatic rings. The summed E-state index contributed by atoms with van der Waals surface area (Å²) in [5.41, 5.74) is 1.70. The minimum Gasteiger partial charge on any atom is -0.478 e. The predicted octanol–water partition coefficient (Wildman–Crippen LogP) is 1.59. The molecule has 17 heavy (non-hydrogen) atoms. The Balaban J connectivity index is 2.07. The van der Waals surface area contributed by atoms with E-state index >= 15 is 0 Å². The number of carboxylic acids is 1. The van der Waals surface area contributed by atoms with Gasteiger partial charge in [0.15, 0.2) is 11.5 Å². The number of hydrogen-bond donors (Lipinski definition) is 1. The number of rotatable bonds is 2. The Labute approximate surface area is 97.7 Å². The van der Waals surface area contributed by atoms with Crippen LogP contribution in [-0.2, 0) is 14.3 Å². The Morgan fingerprint density at radius 3 is 3.00 bits per heavy atom. The van der Waals surface area contributed by atoms with Gasteiger partial charge in [0.1, 0.15) is 0 Å². The lowest BCUT2D eigenvalue weighted by molar-refractivity contribution is -0.132. The van der Waals surface area contributed by atoms with Gasteiger partial charge in [0, 0.05) is 6.08 Å². The lowest BCUT2D eigenvalue weighted by Gasteiger charge is -2.13. The lowest BCUT2D eigenvalue weighted by atomic mass is 9.90. The van der Waals surface area contributed by atoms with Gasteiger partial charge in [-0.3, -0.25) is 4.99 Å². The van der Waals surface area contributed by atoms with Crippen LogP contribution in [0.5, 0.6) is 0 Å². The number of carboxylic acid groups (broad SMARTS) is 1. The minimum absolute atomic E-state index is 0.185. The van der Waals surface area contributed by atoms with Crippen LogP contribution in [0.25, 0.3) is 0 Å². The van der Waals surface area contributed by atoms with Crippen molar-refractivity contribution in [3.63, 3.8) is 0 Å². The van der Waals surface area contributed by atoms with Gasteiger partial charge in [0.2, 0.25) is 6.79 Å². The summed E-state index contributed by atoms with van der Waals surface area (Å²) in [5.74, 6) is 0.0354. The summed E-state index contributed by atoms with van der Waals surface area (Å²) in [4.78, 5) is 15.6. The molecule has 0 aromatic heterocycles. The Morgan fingerprint density at radius 1 is 1.53 bits per heavy atom. The van der Waals surface area contributed by atoms with Crippen LogP contribution in [0.2, 0.25) is 0 Å². The predicted molar refractivity (Wildman–Crippen MR) is 59.1 cm³/mol. The molecule has 3 rings (SSSR count). The number of fused-ring (bicyclic) bond motifs is 2. The van der Waals surface area contributed by atoms with E-state index in [0.717, 1.165) is 5.71 Å². The highest BCUT2D eigenvalue weighted by molar-refractivity contribution is 6.10. The van der Waals surface area contributed by atoms with E-state index in [1.807, 2.05) is 6.92 Å². The summed E-state index contributed by atoms with van der Waals surface area (Å²) >= 11 is 0. The number of aliphatic imine (C=N–C) groups is 1. The van der Waals surface area contributed by atoms with Gasteiger partial charge < -0.3 is 14.6 Å². The van der Waals surface area contributed by atoms with Crippen molar-refractivity contribution in [3.05, 3.63) is 34.9 Å². The van der Waals surface area contributed by atoms with Gasteiger partial charge >= 0.3 is 5.97 Å². The highest BCUT2D eigenvalue weighted by Crippen LogP contribution is 2.37. The van der Waals surface area contributed by atoms with Crippen LogP contribution in [0.3, 0.4) is 0 Å². The van der Waals surface area contributed by atoms with E-state index in [0.29, 0.717) is 29.2 Å². The Hall–Kier alpha value is -2.04. The molecule has 1 saturated heterocycles. The molecule has 1 aliphatic carbocycles. The van der Waals surface area contributed by atoms with Crippen molar-refractivity contribution < 1.29 is 19.4 Å². The van der Waals surface area contributed by atoms with E-state index in [1.54, 1.807) is 12.2 Å². The summed E-state index contributed by atoms with van der Waals surface area (Å²) in [6.07, 6.45) is 4.14. The van der Waals surface area contributed by atoms with E-state index in [4.69, 9.17) is 9.47 Å². The van der Waals surface area contributed by atoms with Crippen molar-refractivity contribution in [3.8, 4) is 0 Å². The van der Waals surface area contributed by atoms with Gasteiger partial charge in [-0.15, -0.1) is 0 Å². The van der Waals surface area contributed by atoms with Gasteiger partial charge in [-0.05, 0) is 12.5 Å². The number of carbonyl (C=O) groups is 1. The molecule has 0 aromatic carbocycles. The van der Waals surface area contributed by atoms with Crippen LogP contribution in [0.15, 0.2) is 39.9 Å². The zero-order chi connectivity index (χ0) is 12.0. The lowest BCUT2D eigenvalue weighted by Crippen LogP contribution is -2.18. The highest BCUT2D eigenvalue weighted by atomic mass is 16.7. The van der Waals surface area contributed by atoms with E-state index in [-0.39, 0.29) is 12.7 Å². The molecule has 88 valence electrons. The zero-order valence-corrected chi connectivity index (χ0v) is 9.27. The molecule has 0 amide bonds. The molecular formula is C12H11NO4. The highest BCUT2D eigenvalue weighted by Gasteiger charge is 2.36. The molecular weight excluding hydrogens is 222 g/mol. The molecule has 1 fully saturated rings. The fourth-order valence-corrected chi connectivity index (χ4v) is 2.26. The molecule has 1 N–H and O–H groups in total. The molecule has 5 heteroatoms. The van der Waals surface area contributed by atoms with Crippen molar-refractivity contribution in [2.24, 2.45) is 10.9 Å². The first-order valence-electron chi connectivity index (χ1n) is 5.45. The van der Waals surface area contributed by atoms with Crippen molar-refractivity contribution >= 4 is 11.7 Å². The molecule has 2 aliphatic heterocycles. The van der Waals surface area contributed by atoms with Crippen molar-refractivity contribution in [1.82, 2.24) is 0 Å². The number of allylic oxidation sites excluding steroid dienone is 3. The quantitative estimate of drug-likeness (QED) is 0.786. The van der Waals surface area contributed by atoms with E-state index < -0.39 is 5.97 Å². The smallest absolute Gasteiger partial charge is 0.334 e. The third-order valence-electron chi connectivity index (χ3n) is 3.04. The van der Waals surface area contributed by atoms with Crippen LogP contribution in [-0.4, -0.2) is 23.6 Å². The van der Waals surface area contributed by atoms with Crippen LogP contribution in [0.1, 0.15) is 13.3 Å². The fraction of sp³-hybridized carbons (Fsp3) is 0.333. The molecule has 1 unspecified atom stereocenters. The zero-order valence-electron chi connectivity index (χ0n) is 9.27. The third-order valence-corrected chi connectivity index (χ3v) is 3.04. The second-order valence-corrected chi connectivity index (χ2v) is 3.98. The Bertz CT molecular complexity index is 525. The number of ether oxygens (including phenoxy) is 2. The molecule has 0 bridgehead atoms. The average molecular weight is 233 g/mol. The molecule has 3 aliphatic rings. The van der Waals surface area contributed by atoms with E-state index in [1.165, 1.54) is 0 Å². The first kappa shape index (κ1) is 10.1. The maximum Gasteiger partial charge on any atom is 0.334 e. The molecule has 1 atom stereocenters. The summed E-state index contributed by atoms with van der Waals surface area (Å²) in [6.45, 7) is 2.08. The second-order valence-electron chi connectivity index (χ2n) is 3.98. The normalized spacial score (nSPS) is 25.2. The average Bonchev–Trinajstić information content (AvgIpc) is 2.87. The van der Waals surface area contributed by atoms with Crippen molar-refractivity contribution in [1.29, 1.82) is 0 Å². The minimum atomic E-state index is -0.918. The SMILES string of the molecule is CCC1=C(C(=O)O)C2C=C3OCOC3=CC2=N1. The standard InChI is InChI=1S/C12H11NO4/c1-2-7-11(12(14)15)6-3-9-10(17-5-16-9)4-8(6)13-7/h3-4,6H,2,5H2,1H3,(H,14,15). The topological polar surface area (TPSA) is 68.1 Å². The second kappa shape index (κ2) is 3.48. The summed E-state index contributed by atoms with van der Waals surface area (Å²) in [6, 6.07) is 0. The maximum atomic E-state index is 11.3. The molecule has 2 heterocycles. The van der Waals surface area contributed by atoms with E-state index in [9.17, 15) is 9.90 Å². The summed E-state index contributed by atoms with van der Waals surface area (Å²) in [5, 5.41) is 9.24. The number of aliphatic carboxylic acids is 1. The molecule has 0 radical (unpaired) electrons. The van der Waals surface area contributed by atoms with Gasteiger partial charge in [0.25, 0.3) is 0 Å². The van der Waals surface area contributed by atoms with Gasteiger partial charge in [-0.2, -0.15) is 0 Å². The van der Waals surface area contributed by atoms with Crippen molar-refractivity contribution in [2.75, 3.05) is 6.79 Å². The summed E-state index contributed by atoms with van der Waals surface area (Å²) < 4.78 is 10.5. The van der Waals surface area contributed by atoms with Crippen LogP contribution in [0.4, 0.5) is 0 Å².